The highest BCUT2D eigenvalue weighted by Gasteiger charge is 2.28. The molecule has 0 unspecified atom stereocenters. The van der Waals surface area contributed by atoms with E-state index in [-0.39, 0.29) is 0 Å². The summed E-state index contributed by atoms with van der Waals surface area (Å²) in [6.07, 6.45) is 0. The Morgan fingerprint density at radius 1 is 0.300 bits per heavy atom. The van der Waals surface area contributed by atoms with Gasteiger partial charge in [0.05, 0.1) is 22.4 Å². The first kappa shape index (κ1) is 38.8. The monoisotopic (exact) mass is 892 g/mol. The van der Waals surface area contributed by atoms with Crippen LogP contribution in [-0.2, 0) is 0 Å². The van der Waals surface area contributed by atoms with Crippen molar-refractivity contribution in [3.8, 4) is 67.5 Å². The first-order chi connectivity index (χ1) is 34.5. The maximum absolute atomic E-state index is 6.02. The Labute approximate surface area is 401 Å². The van der Waals surface area contributed by atoms with Gasteiger partial charge in [0.25, 0.3) is 0 Å². The van der Waals surface area contributed by atoms with Crippen molar-refractivity contribution in [3.63, 3.8) is 0 Å². The Bertz CT molecular complexity index is 4340. The van der Waals surface area contributed by atoms with Crippen LogP contribution in [0, 0.1) is 13.8 Å². The van der Waals surface area contributed by atoms with Crippen LogP contribution >= 0.6 is 0 Å². The van der Waals surface area contributed by atoms with Crippen LogP contribution in [0.25, 0.3) is 155 Å². The number of nitrogens with zero attached hydrogens (tertiary/aromatic N) is 4. The summed E-state index contributed by atoms with van der Waals surface area (Å²) in [5, 5.41) is 13.2. The lowest BCUT2D eigenvalue weighted by Gasteiger charge is -2.11. The molecule has 15 rings (SSSR count). The third-order valence-electron chi connectivity index (χ3n) is 14.5. The second kappa shape index (κ2) is 14.6. The number of H-pyrrole nitrogens is 2. The molecule has 0 fully saturated rings. The van der Waals surface area contributed by atoms with E-state index in [1.54, 1.807) is 0 Å². The molecule has 6 heteroatoms. The van der Waals surface area contributed by atoms with Gasteiger partial charge in [-0.05, 0) is 117 Å². The van der Waals surface area contributed by atoms with Crippen LogP contribution in [0.15, 0.2) is 194 Å². The molecule has 0 spiro atoms. The molecule has 0 aliphatic carbocycles. The van der Waals surface area contributed by atoms with E-state index in [2.05, 4.69) is 218 Å². The highest BCUT2D eigenvalue weighted by molar-refractivity contribution is 6.20. The highest BCUT2D eigenvalue weighted by atomic mass is 15.0. The van der Waals surface area contributed by atoms with E-state index < -0.39 is 0 Å². The zero-order valence-electron chi connectivity index (χ0n) is 38.3. The molecular formula is C64H40N6. The summed E-state index contributed by atoms with van der Waals surface area (Å²) in [5.74, 6) is 1.21. The van der Waals surface area contributed by atoms with Crippen molar-refractivity contribution < 1.29 is 0 Å². The zero-order chi connectivity index (χ0) is 46.2. The quantitative estimate of drug-likeness (QED) is 0.181. The third-order valence-corrected chi connectivity index (χ3v) is 14.5. The van der Waals surface area contributed by atoms with E-state index in [0.29, 0.717) is 11.6 Å². The minimum absolute atomic E-state index is 0.603. The average molecular weight is 893 g/mol. The Kier molecular flexibility index (Phi) is 8.10. The van der Waals surface area contributed by atoms with Gasteiger partial charge in [0.1, 0.15) is 11.3 Å². The van der Waals surface area contributed by atoms with Crippen molar-refractivity contribution in [1.29, 1.82) is 0 Å². The smallest absolute Gasteiger partial charge is 0.164 e. The van der Waals surface area contributed by atoms with Gasteiger partial charge >= 0.3 is 0 Å². The van der Waals surface area contributed by atoms with Crippen molar-refractivity contribution in [1.82, 2.24) is 29.9 Å². The van der Waals surface area contributed by atoms with E-state index in [4.69, 9.17) is 19.9 Å². The summed E-state index contributed by atoms with van der Waals surface area (Å²) < 4.78 is 0. The van der Waals surface area contributed by atoms with Gasteiger partial charge in [-0.1, -0.05) is 157 Å². The largest absolute Gasteiger partial charge is 0.339 e. The molecule has 13 aromatic rings. The maximum atomic E-state index is 6.02. The molecule has 6 nitrogen and oxygen atoms in total. The second-order valence-corrected chi connectivity index (χ2v) is 19.0. The molecule has 2 aliphatic heterocycles. The highest BCUT2D eigenvalue weighted by Crippen LogP contribution is 2.50. The van der Waals surface area contributed by atoms with Crippen molar-refractivity contribution in [2.45, 2.75) is 13.8 Å². The first-order valence-corrected chi connectivity index (χ1v) is 23.9. The first-order valence-electron chi connectivity index (χ1n) is 23.9. The number of aromatic nitrogens is 6. The van der Waals surface area contributed by atoms with Crippen LogP contribution < -0.4 is 0 Å². The number of aromatic amines is 2. The molecule has 10 aromatic carbocycles. The van der Waals surface area contributed by atoms with Crippen molar-refractivity contribution in [2.75, 3.05) is 0 Å². The van der Waals surface area contributed by atoms with Gasteiger partial charge in [0.15, 0.2) is 11.6 Å². The molecule has 326 valence electrons. The van der Waals surface area contributed by atoms with Crippen molar-refractivity contribution in [3.05, 3.63) is 205 Å². The number of benzene rings is 10. The van der Waals surface area contributed by atoms with Gasteiger partial charge in [-0.2, -0.15) is 0 Å². The van der Waals surface area contributed by atoms with E-state index in [1.807, 2.05) is 0 Å². The lowest BCUT2D eigenvalue weighted by molar-refractivity contribution is 1.22. The number of aryl methyl sites for hydroxylation is 2. The maximum Gasteiger partial charge on any atom is 0.164 e. The predicted octanol–water partition coefficient (Wildman–Crippen LogP) is 16.6. The molecule has 3 aromatic heterocycles. The Morgan fingerprint density at radius 2 is 0.643 bits per heavy atom. The molecule has 2 N–H and O–H groups in total. The summed E-state index contributed by atoms with van der Waals surface area (Å²) >= 11 is 0. The lowest BCUT2D eigenvalue weighted by Crippen LogP contribution is -1.88. The van der Waals surface area contributed by atoms with Crippen LogP contribution in [0.2, 0.25) is 0 Å². The molecule has 0 saturated heterocycles. The van der Waals surface area contributed by atoms with E-state index in [0.717, 1.165) is 154 Å². The van der Waals surface area contributed by atoms with Gasteiger partial charge in [-0.25, -0.2) is 19.9 Å². The molecule has 0 radical (unpaired) electrons. The van der Waals surface area contributed by atoms with Crippen LogP contribution in [0.3, 0.4) is 0 Å². The van der Waals surface area contributed by atoms with Gasteiger partial charge in [0.2, 0.25) is 0 Å². The molecule has 0 atom stereocenters. The van der Waals surface area contributed by atoms with Gasteiger partial charge in [-0.15, -0.1) is 0 Å². The minimum Gasteiger partial charge on any atom is -0.339 e. The topological polar surface area (TPSA) is 83.1 Å². The Balaban J connectivity index is 1.25. The van der Waals surface area contributed by atoms with Gasteiger partial charge in [0, 0.05) is 54.9 Å². The van der Waals surface area contributed by atoms with Crippen LogP contribution in [0.1, 0.15) is 11.1 Å². The number of fused-ring (bicyclic) bond motifs is 24. The molecule has 5 heterocycles. The van der Waals surface area contributed by atoms with Gasteiger partial charge in [-0.3, -0.25) is 0 Å². The molecule has 70 heavy (non-hydrogen) atoms. The number of hydrogen-bond donors (Lipinski definition) is 2. The fourth-order valence-electron chi connectivity index (χ4n) is 11.2. The number of rotatable bonds is 2. The minimum atomic E-state index is 0.603. The summed E-state index contributed by atoms with van der Waals surface area (Å²) in [7, 11) is 0. The summed E-state index contributed by atoms with van der Waals surface area (Å²) in [4.78, 5) is 30.6. The second-order valence-electron chi connectivity index (χ2n) is 19.0. The Hall–Kier alpha value is -9.26. The summed E-state index contributed by atoms with van der Waals surface area (Å²) in [6.45, 7) is 4.33. The Morgan fingerprint density at radius 3 is 1.01 bits per heavy atom. The molecule has 0 amide bonds. The van der Waals surface area contributed by atoms with Crippen molar-refractivity contribution >= 4 is 87.0 Å². The molecule has 2 aliphatic rings. The van der Waals surface area contributed by atoms with Crippen LogP contribution in [0.5, 0.6) is 0 Å². The average Bonchev–Trinajstić information content (AvgIpc) is 4.12. The zero-order valence-corrected chi connectivity index (χ0v) is 38.3. The van der Waals surface area contributed by atoms with Crippen LogP contribution in [-0.4, -0.2) is 29.9 Å². The predicted molar refractivity (Wildman–Crippen MR) is 291 cm³/mol. The third kappa shape index (κ3) is 5.86. The van der Waals surface area contributed by atoms with Crippen LogP contribution in [0.4, 0.5) is 0 Å². The molecule has 8 bridgehead atoms. The normalized spacial score (nSPS) is 12.1. The van der Waals surface area contributed by atoms with Crippen molar-refractivity contribution in [2.24, 2.45) is 0 Å². The summed E-state index contributed by atoms with van der Waals surface area (Å²) in [5.41, 5.74) is 15.5. The molecular weight excluding hydrogens is 853 g/mol. The molecule has 0 saturated carbocycles. The van der Waals surface area contributed by atoms with E-state index >= 15 is 0 Å². The fraction of sp³-hybridized carbons (Fsp3) is 0.0312. The number of hydrogen-bond acceptors (Lipinski definition) is 4. The summed E-state index contributed by atoms with van der Waals surface area (Å²) in [6, 6.07) is 70.2. The number of nitrogens with one attached hydrogen (secondary N) is 2. The van der Waals surface area contributed by atoms with Gasteiger partial charge < -0.3 is 9.97 Å². The standard InChI is InChI=1S/C64H40N6/c1-35-13-11-23-45(25-35)55-57-47-27-37-15-3-4-16-38(37)28-48(47)58(65-57)56(46-24-12-14-36(2)26-46)60-50-30-40-18-6-8-20-42(40)32-52(50)62(67-60)69-64-54-34-44-22-10-9-21-43(44)33-53(54)63(70-64)68-61-51-31-41-19-7-5-17-39(41)29-49(51)59(55)66-61/h3-34H,1-2H3,(H2,66,67,68,69,70). The lowest BCUT2D eigenvalue weighted by atomic mass is 9.91. The van der Waals surface area contributed by atoms with E-state index in [9.17, 15) is 0 Å². The fourth-order valence-corrected chi connectivity index (χ4v) is 11.2. The van der Waals surface area contributed by atoms with E-state index in [1.165, 1.54) is 0 Å². The SMILES string of the molecule is Cc1cccc(-c2c3nc(c(-c4cccc(C)c4)c4[nH]c(nc5nc(nc6[nH]c2c2cc7ccccc7cc62)-c2cc6ccccc6cc2-5)c2cc5ccccc5cc42)-c2cc4ccccc4cc2-3)c1.